The van der Waals surface area contributed by atoms with Gasteiger partial charge >= 0.3 is 0 Å². The maximum Gasteiger partial charge on any atom is 0.265 e. The van der Waals surface area contributed by atoms with E-state index in [1.165, 1.54) is 35.2 Å². The van der Waals surface area contributed by atoms with Crippen molar-refractivity contribution in [1.82, 2.24) is 0 Å². The fourth-order valence-electron chi connectivity index (χ4n) is 5.28. The van der Waals surface area contributed by atoms with Crippen molar-refractivity contribution in [2.75, 3.05) is 18.0 Å². The number of rotatable bonds is 2. The van der Waals surface area contributed by atoms with Crippen LogP contribution in [0.15, 0.2) is 41.3 Å². The molecule has 178 valence electrons. The fraction of sp³-hybridized carbons (Fsp3) is 0.533. The molecule has 34 heavy (non-hydrogen) atoms. The van der Waals surface area contributed by atoms with Crippen LogP contribution in [0.2, 0.25) is 0 Å². The first-order chi connectivity index (χ1) is 15.9. The van der Waals surface area contributed by atoms with E-state index in [1.807, 2.05) is 6.08 Å². The van der Waals surface area contributed by atoms with Gasteiger partial charge in [-0.25, -0.2) is 10.1 Å². The van der Waals surface area contributed by atoms with Crippen molar-refractivity contribution in [3.63, 3.8) is 0 Å². The minimum absolute atomic E-state index is 0.147. The van der Waals surface area contributed by atoms with Crippen LogP contribution in [0, 0.1) is 23.3 Å². The summed E-state index contributed by atoms with van der Waals surface area (Å²) in [6.07, 6.45) is 8.84. The second-order valence-corrected chi connectivity index (χ2v) is 12.3. The second kappa shape index (κ2) is 8.35. The van der Waals surface area contributed by atoms with Gasteiger partial charge in [0.05, 0.1) is 12.6 Å². The molecule has 3 aliphatic heterocycles. The molecular formula is C30H37N3O. The molecule has 4 rings (SSSR count). The molecule has 0 aliphatic carbocycles. The van der Waals surface area contributed by atoms with Gasteiger partial charge in [-0.1, -0.05) is 54.5 Å². The standard InChI is InChI=1S/C30H37N3O/c1-28(2,3)26-18-21(25(19-31)32-8)17-22(34-26)10-9-20-15-23-27-24(16-20)30(6,7)12-14-33(27)13-11-29(23,4)5/h9-10,15-16,18,22H,11-14,17H2,1-7H3/b10-9+,25-21+. The minimum Gasteiger partial charge on any atom is -0.490 e. The summed E-state index contributed by atoms with van der Waals surface area (Å²) in [4.78, 5) is 6.04. The lowest BCUT2D eigenvalue weighted by Gasteiger charge is -2.48. The number of hydrogen-bond acceptors (Lipinski definition) is 3. The third-order valence-corrected chi connectivity index (χ3v) is 7.69. The van der Waals surface area contributed by atoms with Gasteiger partial charge in [0.2, 0.25) is 0 Å². The predicted octanol–water partition coefficient (Wildman–Crippen LogP) is 7.28. The molecule has 0 saturated heterocycles. The fourth-order valence-corrected chi connectivity index (χ4v) is 5.28. The lowest BCUT2D eigenvalue weighted by Crippen LogP contribution is -2.44. The van der Waals surface area contributed by atoms with Gasteiger partial charge in [0, 0.05) is 30.6 Å². The molecule has 0 radical (unpaired) electrons. The van der Waals surface area contributed by atoms with Crippen molar-refractivity contribution < 1.29 is 4.74 Å². The van der Waals surface area contributed by atoms with Gasteiger partial charge < -0.3 is 9.64 Å². The van der Waals surface area contributed by atoms with Crippen LogP contribution >= 0.6 is 0 Å². The molecular weight excluding hydrogens is 418 g/mol. The van der Waals surface area contributed by atoms with Gasteiger partial charge in [0.1, 0.15) is 11.9 Å². The van der Waals surface area contributed by atoms with Crippen LogP contribution in [0.3, 0.4) is 0 Å². The highest BCUT2D eigenvalue weighted by atomic mass is 16.5. The van der Waals surface area contributed by atoms with Crippen molar-refractivity contribution in [3.05, 3.63) is 69.4 Å². The molecule has 1 aromatic rings. The van der Waals surface area contributed by atoms with Gasteiger partial charge in [0.15, 0.2) is 0 Å². The van der Waals surface area contributed by atoms with Crippen LogP contribution in [-0.4, -0.2) is 19.2 Å². The summed E-state index contributed by atoms with van der Waals surface area (Å²) in [5.41, 5.74) is 6.57. The number of allylic oxidation sites excluding steroid dienone is 3. The summed E-state index contributed by atoms with van der Waals surface area (Å²) in [6.45, 7) is 25.4. The number of anilines is 1. The molecule has 0 spiro atoms. The Morgan fingerprint density at radius 2 is 1.74 bits per heavy atom. The van der Waals surface area contributed by atoms with Crippen LogP contribution in [0.5, 0.6) is 0 Å². The van der Waals surface area contributed by atoms with Crippen molar-refractivity contribution in [3.8, 4) is 6.07 Å². The zero-order chi connectivity index (χ0) is 24.9. The SMILES string of the molecule is [C-]#[N+]/C(C#N)=C1/C=C(C(C)(C)C)OC(/C=C/c2cc3c4c(c2)C(C)(C)CCN4CCC3(C)C)C1. The van der Waals surface area contributed by atoms with Crippen LogP contribution in [0.1, 0.15) is 84.4 Å². The average Bonchev–Trinajstić information content (AvgIpc) is 2.76. The van der Waals surface area contributed by atoms with Crippen LogP contribution in [0.4, 0.5) is 5.69 Å². The van der Waals surface area contributed by atoms with Crippen molar-refractivity contribution in [2.45, 2.75) is 84.7 Å². The first-order valence-electron chi connectivity index (χ1n) is 12.4. The van der Waals surface area contributed by atoms with E-state index in [2.05, 4.69) is 88.6 Å². The Labute approximate surface area is 205 Å². The number of ether oxygens (including phenoxy) is 1. The Balaban J connectivity index is 1.74. The Hall–Kier alpha value is -2.98. The number of nitriles is 1. The first-order valence-corrected chi connectivity index (χ1v) is 12.4. The van der Waals surface area contributed by atoms with E-state index in [0.717, 1.165) is 24.4 Å². The molecule has 0 N–H and O–H groups in total. The van der Waals surface area contributed by atoms with E-state index < -0.39 is 0 Å². The molecule has 3 aliphatic rings. The zero-order valence-electron chi connectivity index (χ0n) is 21.7. The van der Waals surface area contributed by atoms with E-state index in [4.69, 9.17) is 11.3 Å². The Morgan fingerprint density at radius 1 is 1.15 bits per heavy atom. The largest absolute Gasteiger partial charge is 0.490 e. The molecule has 3 heterocycles. The Kier molecular flexibility index (Phi) is 5.93. The van der Waals surface area contributed by atoms with Crippen LogP contribution in [0.25, 0.3) is 10.9 Å². The normalized spacial score (nSPS) is 24.4. The molecule has 0 aromatic heterocycles. The Morgan fingerprint density at radius 3 is 2.24 bits per heavy atom. The summed E-state index contributed by atoms with van der Waals surface area (Å²) in [7, 11) is 0. The molecule has 4 nitrogen and oxygen atoms in total. The quantitative estimate of drug-likeness (QED) is 0.347. The van der Waals surface area contributed by atoms with E-state index in [-0.39, 0.29) is 28.0 Å². The van der Waals surface area contributed by atoms with E-state index in [0.29, 0.717) is 6.42 Å². The molecule has 0 fully saturated rings. The van der Waals surface area contributed by atoms with Crippen molar-refractivity contribution in [1.29, 1.82) is 5.26 Å². The number of benzene rings is 1. The highest BCUT2D eigenvalue weighted by molar-refractivity contribution is 5.71. The van der Waals surface area contributed by atoms with Crippen LogP contribution < -0.4 is 4.90 Å². The molecule has 1 atom stereocenters. The summed E-state index contributed by atoms with van der Waals surface area (Å²) < 4.78 is 6.34. The van der Waals surface area contributed by atoms with Crippen LogP contribution in [-0.2, 0) is 15.6 Å². The monoisotopic (exact) mass is 455 g/mol. The summed E-state index contributed by atoms with van der Waals surface area (Å²) >= 11 is 0. The molecule has 0 bridgehead atoms. The van der Waals surface area contributed by atoms with Gasteiger partial charge in [-0.15, -0.1) is 0 Å². The molecule has 1 aromatic carbocycles. The topological polar surface area (TPSA) is 40.6 Å². The lowest BCUT2D eigenvalue weighted by molar-refractivity contribution is 0.0989. The smallest absolute Gasteiger partial charge is 0.265 e. The zero-order valence-corrected chi connectivity index (χ0v) is 21.7. The summed E-state index contributed by atoms with van der Waals surface area (Å²) in [5, 5.41) is 9.44. The van der Waals surface area contributed by atoms with E-state index in [1.54, 1.807) is 0 Å². The molecule has 0 saturated carbocycles. The van der Waals surface area contributed by atoms with Gasteiger partial charge in [0.25, 0.3) is 5.70 Å². The first kappa shape index (κ1) is 24.2. The predicted molar refractivity (Wildman–Crippen MR) is 139 cm³/mol. The number of nitrogens with zero attached hydrogens (tertiary/aromatic N) is 3. The number of hydrogen-bond donors (Lipinski definition) is 0. The minimum atomic E-state index is -0.204. The third kappa shape index (κ3) is 4.39. The summed E-state index contributed by atoms with van der Waals surface area (Å²) in [6, 6.07) is 6.79. The van der Waals surface area contributed by atoms with Gasteiger partial charge in [-0.2, -0.15) is 0 Å². The van der Waals surface area contributed by atoms with E-state index in [9.17, 15) is 5.26 Å². The molecule has 4 heteroatoms. The Bertz CT molecular complexity index is 1120. The lowest BCUT2D eigenvalue weighted by atomic mass is 9.69. The second-order valence-electron chi connectivity index (χ2n) is 12.3. The maximum absolute atomic E-state index is 9.44. The highest BCUT2D eigenvalue weighted by Gasteiger charge is 2.40. The van der Waals surface area contributed by atoms with Crippen molar-refractivity contribution >= 4 is 11.8 Å². The van der Waals surface area contributed by atoms with Gasteiger partial charge in [-0.3, -0.25) is 0 Å². The highest BCUT2D eigenvalue weighted by Crippen LogP contribution is 2.49. The molecule has 1 unspecified atom stereocenters. The average molecular weight is 456 g/mol. The van der Waals surface area contributed by atoms with E-state index >= 15 is 0 Å². The maximum atomic E-state index is 9.44. The summed E-state index contributed by atoms with van der Waals surface area (Å²) in [5.74, 6) is 0.818. The molecule has 0 amide bonds. The van der Waals surface area contributed by atoms with Gasteiger partial charge in [-0.05, 0) is 70.2 Å². The van der Waals surface area contributed by atoms with Crippen molar-refractivity contribution in [2.24, 2.45) is 5.41 Å². The third-order valence-electron chi connectivity index (χ3n) is 7.69.